The molecule has 27 nitrogen and oxygen atoms in total. The first-order valence-corrected chi connectivity index (χ1v) is 39.7. The monoisotopic (exact) mass is 1490 g/mol. The Morgan fingerprint density at radius 1 is 0.688 bits per heavy atom. The number of likely N-dealkylation sites (tertiary alicyclic amines) is 2. The number of aliphatic hydroxyl groups excluding tert-OH is 1. The number of piperidine rings is 4. The number of anilines is 3. The highest BCUT2D eigenvalue weighted by molar-refractivity contribution is 7.21. The Balaban J connectivity index is 0.447. The second-order valence-electron chi connectivity index (χ2n) is 31.8. The lowest BCUT2D eigenvalue weighted by Crippen LogP contribution is -2.54. The summed E-state index contributed by atoms with van der Waals surface area (Å²) in [5.41, 5.74) is 11.0. The van der Waals surface area contributed by atoms with Crippen LogP contribution >= 0.6 is 11.3 Å². The van der Waals surface area contributed by atoms with E-state index in [2.05, 4.69) is 117 Å². The zero-order valence-electron chi connectivity index (χ0n) is 61.5. The number of hydrogen-bond donors (Lipinski definition) is 7. The number of ether oxygens (including phenoxy) is 1. The van der Waals surface area contributed by atoms with Crippen LogP contribution in [0.4, 0.5) is 17.2 Å². The smallest absolute Gasteiger partial charge is 0.329 e. The number of aromatic amines is 1. The van der Waals surface area contributed by atoms with Crippen molar-refractivity contribution < 1.29 is 33.8 Å². The van der Waals surface area contributed by atoms with Gasteiger partial charge in [0.25, 0.3) is 11.8 Å². The molecule has 8 aliphatic heterocycles. The number of piperazine rings is 1. The molecule has 28 heteroatoms. The number of amides is 5. The fourth-order valence-corrected chi connectivity index (χ4v) is 20.4. The number of aromatic nitrogens is 8. The maximum absolute atomic E-state index is 14.4. The van der Waals surface area contributed by atoms with Crippen molar-refractivity contribution >= 4 is 101 Å². The molecule has 1 saturated carbocycles. The molecule has 5 amide bonds. The normalized spacial score (nSPS) is 23.2. The lowest BCUT2D eigenvalue weighted by Gasteiger charge is -2.48. The van der Waals surface area contributed by atoms with E-state index in [1.165, 1.54) is 16.9 Å². The van der Waals surface area contributed by atoms with Crippen LogP contribution in [0.2, 0.25) is 0 Å². The number of benzene rings is 4. The number of H-pyrrole nitrogens is 1. The highest BCUT2D eigenvalue weighted by atomic mass is 32.1. The van der Waals surface area contributed by atoms with Gasteiger partial charge in [-0.15, -0.1) is 11.3 Å². The van der Waals surface area contributed by atoms with Crippen molar-refractivity contribution in [2.24, 2.45) is 20.0 Å². The number of imidazole rings is 2. The summed E-state index contributed by atoms with van der Waals surface area (Å²) >= 11 is 1.50. The van der Waals surface area contributed by atoms with E-state index in [1.807, 2.05) is 30.3 Å². The van der Waals surface area contributed by atoms with Crippen LogP contribution in [0.5, 0.6) is 5.75 Å². The Morgan fingerprint density at radius 2 is 1.46 bits per heavy atom. The summed E-state index contributed by atoms with van der Waals surface area (Å²) in [6, 6.07) is 29.4. The third kappa shape index (κ3) is 12.2. The van der Waals surface area contributed by atoms with E-state index in [1.54, 1.807) is 45.7 Å². The quantitative estimate of drug-likeness (QED) is 0.0486. The van der Waals surface area contributed by atoms with E-state index >= 15 is 0 Å². The van der Waals surface area contributed by atoms with E-state index in [-0.39, 0.29) is 58.9 Å². The molecular weight excluding hydrogens is 1400 g/mol. The maximum Gasteiger partial charge on any atom is 0.329 e. The van der Waals surface area contributed by atoms with Crippen LogP contribution in [0.1, 0.15) is 125 Å². The van der Waals surface area contributed by atoms with Crippen LogP contribution in [0.3, 0.4) is 0 Å². The zero-order valence-corrected chi connectivity index (χ0v) is 62.3. The molecule has 0 radical (unpaired) electrons. The summed E-state index contributed by atoms with van der Waals surface area (Å²) in [4.78, 5) is 125. The van der Waals surface area contributed by atoms with Crippen molar-refractivity contribution in [1.29, 1.82) is 0 Å². The summed E-state index contributed by atoms with van der Waals surface area (Å²) in [5, 5.41) is 27.6. The van der Waals surface area contributed by atoms with Gasteiger partial charge in [-0.05, 0) is 180 Å². The van der Waals surface area contributed by atoms with Gasteiger partial charge >= 0.3 is 11.4 Å². The maximum atomic E-state index is 14.4. The SMILES string of the molecule is COc1ccc2c(c1CCN1CCN(c3ccc(-c4nccc(-c5cc6c([nH]5)C5(CC5)C(C[C@@H]5CNc7c(sc8ccc9nc(N%10CCC(CN%11CCC(N%12CC(c%13ccc%14c(c%13)n(C)c(=O)n%14C%13CCC(=O)NC%13=O)C%12)CC%11)CC%10)ccc9c78)C(=O)N5)NC6=O)n4)cc3)CC1)n(C)c(=O)n2C1CCC(O)NC1=O. The largest absolute Gasteiger partial charge is 0.496 e. The number of thiophene rings is 1. The van der Waals surface area contributed by atoms with Crippen LogP contribution in [0.15, 0.2) is 107 Å². The number of fused-ring (bicyclic) bond motifs is 9. The average Bonchev–Trinajstić information content (AvgIpc) is 1.55. The molecular formula is C81H90N18O9S. The van der Waals surface area contributed by atoms with E-state index in [4.69, 9.17) is 19.7 Å². The van der Waals surface area contributed by atoms with Crippen LogP contribution in [0, 0.1) is 5.92 Å². The van der Waals surface area contributed by atoms with Crippen molar-refractivity contribution in [1.82, 2.24) is 74.2 Å². The molecule has 9 aliphatic rings. The Labute approximate surface area is 632 Å². The van der Waals surface area contributed by atoms with E-state index in [0.717, 1.165) is 194 Å². The van der Waals surface area contributed by atoms with Crippen LogP contribution in [-0.4, -0.2) is 204 Å². The number of rotatable bonds is 16. The molecule has 1 spiro atoms. The summed E-state index contributed by atoms with van der Waals surface area (Å²) in [6.45, 7) is 11.9. The number of imide groups is 1. The van der Waals surface area contributed by atoms with Crippen molar-refractivity contribution in [2.75, 3.05) is 107 Å². The molecule has 14 heterocycles. The Hall–Kier alpha value is -10.3. The molecule has 4 unspecified atom stereocenters. The highest BCUT2D eigenvalue weighted by Gasteiger charge is 2.57. The minimum Gasteiger partial charge on any atom is -0.496 e. The van der Waals surface area contributed by atoms with E-state index in [0.29, 0.717) is 89.8 Å². The Morgan fingerprint density at radius 3 is 2.23 bits per heavy atom. The topological polar surface area (TPSA) is 299 Å². The first-order valence-electron chi connectivity index (χ1n) is 38.9. The Kier molecular flexibility index (Phi) is 17.4. The zero-order chi connectivity index (χ0) is 74.3. The fraction of sp³-hybridized carbons (Fsp3) is 0.457. The van der Waals surface area contributed by atoms with Gasteiger partial charge in [0, 0.05) is 166 Å². The molecule has 0 bridgehead atoms. The molecule has 1 aliphatic carbocycles. The van der Waals surface area contributed by atoms with Crippen LogP contribution < -0.4 is 52.5 Å². The van der Waals surface area contributed by atoms with Crippen molar-refractivity contribution in [3.8, 4) is 28.5 Å². The van der Waals surface area contributed by atoms with Gasteiger partial charge in [0.1, 0.15) is 34.8 Å². The number of carbonyl (C=O) groups is 5. The first-order chi connectivity index (χ1) is 53.0. The second kappa shape index (κ2) is 27.4. The van der Waals surface area contributed by atoms with Gasteiger partial charge in [-0.3, -0.25) is 57.4 Å². The first kappa shape index (κ1) is 69.2. The molecule has 7 N–H and O–H groups in total. The van der Waals surface area contributed by atoms with Crippen molar-refractivity contribution in [3.05, 3.63) is 145 Å². The third-order valence-corrected chi connectivity index (χ3v) is 26.7. The van der Waals surface area contributed by atoms with Gasteiger partial charge in [-0.25, -0.2) is 24.5 Å². The van der Waals surface area contributed by atoms with E-state index < -0.39 is 24.2 Å². The van der Waals surface area contributed by atoms with Crippen molar-refractivity contribution in [3.63, 3.8) is 0 Å². The summed E-state index contributed by atoms with van der Waals surface area (Å²) in [6.07, 6.45) is 9.70. The number of carbonyl (C=O) groups excluding carboxylic acids is 5. The molecule has 564 valence electrons. The predicted molar refractivity (Wildman–Crippen MR) is 417 cm³/mol. The number of aliphatic hydroxyl groups is 1. The van der Waals surface area contributed by atoms with Gasteiger partial charge in [-0.2, -0.15) is 0 Å². The molecule has 109 heavy (non-hydrogen) atoms. The van der Waals surface area contributed by atoms with Crippen LogP contribution in [-0.2, 0) is 40.3 Å². The number of aryl methyl sites for hydroxylation is 2. The van der Waals surface area contributed by atoms with E-state index in [9.17, 15) is 38.7 Å². The van der Waals surface area contributed by atoms with Gasteiger partial charge < -0.3 is 50.8 Å². The predicted octanol–water partition coefficient (Wildman–Crippen LogP) is 6.87. The summed E-state index contributed by atoms with van der Waals surface area (Å²) < 4.78 is 13.2. The minimum absolute atomic E-state index is 0.115. The lowest BCUT2D eigenvalue weighted by atomic mass is 9.83. The molecule has 5 atom stereocenters. The number of hydrogen-bond acceptors (Lipinski definition) is 19. The van der Waals surface area contributed by atoms with Gasteiger partial charge in [0.15, 0.2) is 5.82 Å². The summed E-state index contributed by atoms with van der Waals surface area (Å²) in [5.74, 6) is 1.96. The highest BCUT2D eigenvalue weighted by Crippen LogP contribution is 2.55. The molecule has 4 aromatic carbocycles. The van der Waals surface area contributed by atoms with Gasteiger partial charge in [-0.1, -0.05) is 6.07 Å². The number of methoxy groups -OCH3 is 1. The molecule has 6 saturated heterocycles. The number of nitrogens with one attached hydrogen (secondary N) is 6. The molecule has 10 aromatic rings. The third-order valence-electron chi connectivity index (χ3n) is 25.6. The standard InChI is InChI=1S/C81H90N18O9S/c1-91-62-38-47(6-11-58(62)98(79(91)106)60-13-18-67(100)89-76(60)103)48-43-97(44-48)51-23-29-94(30-24-51)42-45-21-32-96(33-22-45)66-17-9-52-55(85-66)10-16-64-69(52)70-72(109-64)78(105)84-49(41-83-70)39-65-81(26-27-81)73-54(75(102)88-65)40-57(86-73)56-20-28-82-74(87-56)46-4-7-50(8-5-46)95-36-34-93(35-37-95)31-25-53-63(108-3)15-12-59-71(53)92(2)80(107)99(59)61-14-19-68(101)90-77(61)104/h4-12,15-17,20,28,38,40,45,48-49,51,60-61,65,68,83,86,101H,13-14,18-19,21-27,29-37,39,41-44H2,1-3H3,(H,84,105)(H,88,102)(H,90,104)(H,89,100,103)/t49-,60?,61?,65?,68?/m1/s1. The van der Waals surface area contributed by atoms with Crippen molar-refractivity contribution in [2.45, 2.75) is 125 Å². The lowest BCUT2D eigenvalue weighted by molar-refractivity contribution is -0.136. The molecule has 19 rings (SSSR count). The number of nitrogens with zero attached hydrogens (tertiary/aromatic N) is 12. The minimum atomic E-state index is -0.913. The fourth-order valence-electron chi connectivity index (χ4n) is 19.3. The average molecular weight is 1490 g/mol. The second-order valence-corrected chi connectivity index (χ2v) is 32.8. The van der Waals surface area contributed by atoms with Gasteiger partial charge in [0.05, 0.1) is 57.3 Å². The number of pyridine rings is 1. The van der Waals surface area contributed by atoms with Gasteiger partial charge in [0.2, 0.25) is 17.7 Å². The molecule has 7 fully saturated rings. The summed E-state index contributed by atoms with van der Waals surface area (Å²) in [7, 11) is 5.13. The molecule has 6 aromatic heterocycles. The van der Waals surface area contributed by atoms with Crippen LogP contribution in [0.25, 0.3) is 65.8 Å². The Bertz CT molecular complexity index is 5470.